The Balaban J connectivity index is 1.32. The number of fused-ring (bicyclic) bond motifs is 5. The lowest BCUT2D eigenvalue weighted by Crippen LogP contribution is -2.54. The second kappa shape index (κ2) is 7.52. The van der Waals surface area contributed by atoms with Gasteiger partial charge in [-0.15, -0.1) is 0 Å². The molecule has 1 amide bonds. The SMILES string of the molecule is CC(C)=C(C)C1(O)CC2CCC(C1)N2C(=O)OCC1c2ccccc2-c2ccccc21. The van der Waals surface area contributed by atoms with E-state index in [4.69, 9.17) is 4.74 Å². The van der Waals surface area contributed by atoms with Crippen molar-refractivity contribution in [3.63, 3.8) is 0 Å². The first kappa shape index (κ1) is 20.3. The predicted molar refractivity (Wildman–Crippen MR) is 122 cm³/mol. The van der Waals surface area contributed by atoms with Gasteiger partial charge in [0, 0.05) is 30.8 Å². The Morgan fingerprint density at radius 1 is 0.968 bits per heavy atom. The van der Waals surface area contributed by atoms with E-state index in [0.717, 1.165) is 24.0 Å². The summed E-state index contributed by atoms with van der Waals surface area (Å²) in [6, 6.07) is 16.9. The third-order valence-corrected chi connectivity index (χ3v) is 7.76. The lowest BCUT2D eigenvalue weighted by molar-refractivity contribution is -0.0248. The summed E-state index contributed by atoms with van der Waals surface area (Å²) in [5.41, 5.74) is 6.34. The zero-order chi connectivity index (χ0) is 21.8. The van der Waals surface area contributed by atoms with Gasteiger partial charge in [-0.05, 0) is 61.4 Å². The number of hydrogen-bond donors (Lipinski definition) is 1. The topological polar surface area (TPSA) is 49.8 Å². The first-order valence-corrected chi connectivity index (χ1v) is 11.4. The molecule has 2 bridgehead atoms. The zero-order valence-electron chi connectivity index (χ0n) is 18.6. The standard InChI is InChI=1S/C27H31NO3/c1-17(2)18(3)27(30)14-19-12-13-20(15-27)28(19)26(29)31-16-25-23-10-6-4-8-21(23)22-9-5-7-11-24(22)25/h4-11,19-20,25,30H,12-16H2,1-3H3. The highest BCUT2D eigenvalue weighted by molar-refractivity contribution is 5.79. The number of benzene rings is 2. The number of ether oxygens (including phenoxy) is 1. The van der Waals surface area contributed by atoms with Crippen LogP contribution in [0.25, 0.3) is 11.1 Å². The molecule has 3 aliphatic rings. The van der Waals surface area contributed by atoms with Crippen LogP contribution in [0, 0.1) is 0 Å². The van der Waals surface area contributed by atoms with Crippen LogP contribution in [0.1, 0.15) is 63.5 Å². The monoisotopic (exact) mass is 417 g/mol. The van der Waals surface area contributed by atoms with Gasteiger partial charge in [-0.1, -0.05) is 54.1 Å². The Labute approximate surface area is 184 Å². The number of hydrogen-bond acceptors (Lipinski definition) is 3. The number of carbonyl (C=O) groups excluding carboxylic acids is 1. The molecule has 31 heavy (non-hydrogen) atoms. The Hall–Kier alpha value is -2.59. The Morgan fingerprint density at radius 3 is 2.00 bits per heavy atom. The van der Waals surface area contributed by atoms with Crippen molar-refractivity contribution in [1.29, 1.82) is 0 Å². The molecule has 2 atom stereocenters. The molecule has 0 radical (unpaired) electrons. The van der Waals surface area contributed by atoms with Gasteiger partial charge in [-0.2, -0.15) is 0 Å². The second-order valence-electron chi connectivity index (χ2n) is 9.66. The van der Waals surface area contributed by atoms with Crippen LogP contribution < -0.4 is 0 Å². The number of piperidine rings is 1. The quantitative estimate of drug-likeness (QED) is 0.657. The molecule has 5 rings (SSSR count). The Morgan fingerprint density at radius 2 is 1.48 bits per heavy atom. The lowest BCUT2D eigenvalue weighted by atomic mass is 9.79. The Bertz CT molecular complexity index is 992. The van der Waals surface area contributed by atoms with Crippen LogP contribution in [-0.2, 0) is 4.74 Å². The van der Waals surface area contributed by atoms with E-state index in [9.17, 15) is 9.90 Å². The molecular formula is C27H31NO3. The maximum Gasteiger partial charge on any atom is 0.410 e. The minimum absolute atomic E-state index is 0.0497. The molecule has 4 nitrogen and oxygen atoms in total. The van der Waals surface area contributed by atoms with Gasteiger partial charge >= 0.3 is 6.09 Å². The normalized spacial score (nSPS) is 26.4. The molecule has 2 fully saturated rings. The summed E-state index contributed by atoms with van der Waals surface area (Å²) in [5.74, 6) is 0.0728. The minimum atomic E-state index is -0.801. The van der Waals surface area contributed by atoms with Crippen LogP contribution in [0.2, 0.25) is 0 Å². The van der Waals surface area contributed by atoms with Crippen LogP contribution in [0.15, 0.2) is 59.7 Å². The van der Waals surface area contributed by atoms with Gasteiger partial charge in [0.1, 0.15) is 6.61 Å². The van der Waals surface area contributed by atoms with Crippen LogP contribution in [-0.4, -0.2) is 40.4 Å². The lowest BCUT2D eigenvalue weighted by Gasteiger charge is -2.44. The molecule has 2 unspecified atom stereocenters. The molecule has 2 heterocycles. The highest BCUT2D eigenvalue weighted by Gasteiger charge is 2.50. The highest BCUT2D eigenvalue weighted by Crippen LogP contribution is 2.46. The molecule has 1 N–H and O–H groups in total. The summed E-state index contributed by atoms with van der Waals surface area (Å²) in [5, 5.41) is 11.3. The van der Waals surface area contributed by atoms with Crippen molar-refractivity contribution in [1.82, 2.24) is 4.90 Å². The fraction of sp³-hybridized carbons (Fsp3) is 0.444. The van der Waals surface area contributed by atoms with Crippen molar-refractivity contribution in [3.8, 4) is 11.1 Å². The van der Waals surface area contributed by atoms with Crippen LogP contribution in [0.4, 0.5) is 4.79 Å². The molecule has 2 aliphatic heterocycles. The van der Waals surface area contributed by atoms with Gasteiger partial charge in [-0.3, -0.25) is 0 Å². The molecule has 0 aromatic heterocycles. The number of allylic oxidation sites excluding steroid dienone is 1. The molecule has 0 saturated carbocycles. The van der Waals surface area contributed by atoms with E-state index >= 15 is 0 Å². The first-order valence-electron chi connectivity index (χ1n) is 11.4. The van der Waals surface area contributed by atoms with E-state index < -0.39 is 5.60 Å². The van der Waals surface area contributed by atoms with Gasteiger partial charge < -0.3 is 14.7 Å². The molecular weight excluding hydrogens is 386 g/mol. The molecule has 2 aromatic carbocycles. The summed E-state index contributed by atoms with van der Waals surface area (Å²) in [6.07, 6.45) is 2.85. The van der Waals surface area contributed by atoms with Crippen LogP contribution in [0.3, 0.4) is 0 Å². The maximum atomic E-state index is 13.2. The third kappa shape index (κ3) is 3.28. The van der Waals surface area contributed by atoms with Gasteiger partial charge in [0.2, 0.25) is 0 Å². The largest absolute Gasteiger partial charge is 0.448 e. The zero-order valence-corrected chi connectivity index (χ0v) is 18.6. The number of carbonyl (C=O) groups is 1. The number of amides is 1. The molecule has 162 valence electrons. The summed E-state index contributed by atoms with van der Waals surface area (Å²) < 4.78 is 5.93. The average molecular weight is 418 g/mol. The molecule has 4 heteroatoms. The van der Waals surface area contributed by atoms with E-state index in [1.165, 1.54) is 22.3 Å². The smallest absolute Gasteiger partial charge is 0.410 e. The minimum Gasteiger partial charge on any atom is -0.448 e. The van der Waals surface area contributed by atoms with Crippen molar-refractivity contribution >= 4 is 6.09 Å². The van der Waals surface area contributed by atoms with E-state index in [1.807, 2.05) is 25.7 Å². The van der Waals surface area contributed by atoms with E-state index in [-0.39, 0.29) is 24.1 Å². The number of nitrogens with zero attached hydrogens (tertiary/aromatic N) is 1. The van der Waals surface area contributed by atoms with Crippen molar-refractivity contribution in [2.45, 2.75) is 70.1 Å². The summed E-state index contributed by atoms with van der Waals surface area (Å²) in [4.78, 5) is 15.1. The maximum absolute atomic E-state index is 13.2. The van der Waals surface area contributed by atoms with E-state index in [0.29, 0.717) is 19.4 Å². The second-order valence-corrected chi connectivity index (χ2v) is 9.66. The molecule has 0 spiro atoms. The first-order chi connectivity index (χ1) is 14.9. The van der Waals surface area contributed by atoms with Gasteiger partial charge in [0.25, 0.3) is 0 Å². The van der Waals surface area contributed by atoms with Crippen molar-refractivity contribution in [2.24, 2.45) is 0 Å². The number of rotatable bonds is 3. The van der Waals surface area contributed by atoms with Gasteiger partial charge in [0.15, 0.2) is 0 Å². The van der Waals surface area contributed by atoms with Gasteiger partial charge in [0.05, 0.1) is 5.60 Å². The van der Waals surface area contributed by atoms with Crippen LogP contribution in [0.5, 0.6) is 0 Å². The summed E-state index contributed by atoms with van der Waals surface area (Å²) >= 11 is 0. The van der Waals surface area contributed by atoms with Crippen molar-refractivity contribution < 1.29 is 14.6 Å². The van der Waals surface area contributed by atoms with E-state index in [1.54, 1.807) is 0 Å². The van der Waals surface area contributed by atoms with Crippen LogP contribution >= 0.6 is 0 Å². The van der Waals surface area contributed by atoms with Crippen molar-refractivity contribution in [3.05, 3.63) is 70.8 Å². The summed E-state index contributed by atoms with van der Waals surface area (Å²) in [6.45, 7) is 6.47. The summed E-state index contributed by atoms with van der Waals surface area (Å²) in [7, 11) is 0. The highest BCUT2D eigenvalue weighted by atomic mass is 16.6. The Kier molecular flexibility index (Phi) is 4.93. The molecule has 1 aliphatic carbocycles. The van der Waals surface area contributed by atoms with Gasteiger partial charge in [-0.25, -0.2) is 4.79 Å². The predicted octanol–water partition coefficient (Wildman–Crippen LogP) is 5.65. The molecule has 2 saturated heterocycles. The number of aliphatic hydroxyl groups is 1. The fourth-order valence-electron chi connectivity index (χ4n) is 5.96. The van der Waals surface area contributed by atoms with E-state index in [2.05, 4.69) is 48.5 Å². The average Bonchev–Trinajstić information content (AvgIpc) is 3.24. The fourth-order valence-corrected chi connectivity index (χ4v) is 5.96. The van der Waals surface area contributed by atoms with Crippen molar-refractivity contribution in [2.75, 3.05) is 6.61 Å². The molecule has 2 aromatic rings. The third-order valence-electron chi connectivity index (χ3n) is 7.76.